The maximum absolute atomic E-state index is 11.9. The van der Waals surface area contributed by atoms with E-state index in [-0.39, 0.29) is 23.0 Å². The van der Waals surface area contributed by atoms with Crippen LogP contribution in [0, 0.1) is 5.92 Å². The van der Waals surface area contributed by atoms with Crippen LogP contribution in [0.3, 0.4) is 0 Å². The summed E-state index contributed by atoms with van der Waals surface area (Å²) >= 11 is 0. The van der Waals surface area contributed by atoms with Gasteiger partial charge in [0.15, 0.2) is 11.2 Å². The summed E-state index contributed by atoms with van der Waals surface area (Å²) in [5.41, 5.74) is 5.23. The number of aromatic nitrogens is 4. The molecule has 0 radical (unpaired) electrons. The highest BCUT2D eigenvalue weighted by Crippen LogP contribution is 2.66. The quantitative estimate of drug-likeness (QED) is 0.244. The number of fused-ring (bicyclic) bond motifs is 1. The first-order valence-electron chi connectivity index (χ1n) is 8.86. The number of phosphoric acid groups is 3. The number of anilines is 1. The van der Waals surface area contributed by atoms with Crippen molar-refractivity contribution in [2.75, 3.05) is 12.3 Å². The molecule has 7 N–H and O–H groups in total. The molecule has 3 heterocycles. The first-order valence-corrected chi connectivity index (χ1v) is 13.4. The molecule has 2 aromatic heterocycles. The number of imidazole rings is 1. The summed E-state index contributed by atoms with van der Waals surface area (Å²) < 4.78 is 53.4. The molecular formula is C12H20N5O12P3. The van der Waals surface area contributed by atoms with E-state index in [1.807, 2.05) is 6.92 Å². The van der Waals surface area contributed by atoms with Gasteiger partial charge in [-0.2, -0.15) is 13.6 Å². The van der Waals surface area contributed by atoms with E-state index in [1.54, 1.807) is 0 Å². The summed E-state index contributed by atoms with van der Waals surface area (Å²) in [6.45, 7) is 1.24. The van der Waals surface area contributed by atoms with Gasteiger partial charge in [-0.05, 0) is 12.3 Å². The van der Waals surface area contributed by atoms with E-state index >= 15 is 0 Å². The molecule has 1 aliphatic heterocycles. The number of ether oxygens (including phenoxy) is 1. The normalized spacial score (nSPS) is 25.6. The SMILES string of the molecule is CC[C@H]1C[C@H](n2cnc3c(=O)[nH]c(N)nc32)O[C@@H]1COP(=O)(O)OP(=O)(O)OP(=O)(O)O. The van der Waals surface area contributed by atoms with Gasteiger partial charge in [0.05, 0.1) is 19.0 Å². The Balaban J connectivity index is 1.71. The van der Waals surface area contributed by atoms with Crippen LogP contribution in [-0.4, -0.2) is 51.8 Å². The Morgan fingerprint density at radius 1 is 1.25 bits per heavy atom. The largest absolute Gasteiger partial charge is 0.490 e. The highest BCUT2D eigenvalue weighted by atomic mass is 31.3. The van der Waals surface area contributed by atoms with Gasteiger partial charge in [0.1, 0.15) is 6.23 Å². The van der Waals surface area contributed by atoms with Crippen molar-refractivity contribution in [3.8, 4) is 0 Å². The first-order chi connectivity index (χ1) is 14.7. The molecule has 32 heavy (non-hydrogen) atoms. The molecule has 1 fully saturated rings. The number of nitrogens with zero attached hydrogens (tertiary/aromatic N) is 3. The lowest BCUT2D eigenvalue weighted by atomic mass is 9.98. The van der Waals surface area contributed by atoms with Crippen molar-refractivity contribution >= 4 is 40.6 Å². The van der Waals surface area contributed by atoms with Crippen molar-refractivity contribution in [1.82, 2.24) is 19.5 Å². The summed E-state index contributed by atoms with van der Waals surface area (Å²) in [6.07, 6.45) is 0.763. The van der Waals surface area contributed by atoms with Crippen molar-refractivity contribution in [2.45, 2.75) is 32.1 Å². The van der Waals surface area contributed by atoms with E-state index in [4.69, 9.17) is 20.3 Å². The molecule has 5 atom stereocenters. The minimum absolute atomic E-state index is 0.0348. The van der Waals surface area contributed by atoms with E-state index in [0.717, 1.165) is 0 Å². The van der Waals surface area contributed by atoms with E-state index in [0.29, 0.717) is 12.8 Å². The predicted octanol–water partition coefficient (Wildman–Crippen LogP) is 0.359. The Hall–Kier alpha value is -1.48. The van der Waals surface area contributed by atoms with Crippen molar-refractivity contribution in [1.29, 1.82) is 0 Å². The Morgan fingerprint density at radius 2 is 1.94 bits per heavy atom. The lowest BCUT2D eigenvalue weighted by molar-refractivity contribution is -0.0288. The third kappa shape index (κ3) is 6.10. The molecule has 1 aliphatic rings. The van der Waals surface area contributed by atoms with E-state index in [2.05, 4.69) is 28.1 Å². The smallest absolute Gasteiger partial charge is 0.369 e. The Bertz CT molecular complexity index is 1190. The fourth-order valence-electron chi connectivity index (χ4n) is 3.19. The number of rotatable bonds is 9. The van der Waals surface area contributed by atoms with Crippen LogP contribution < -0.4 is 11.3 Å². The molecule has 0 aromatic carbocycles. The zero-order chi connectivity index (χ0) is 23.9. The van der Waals surface area contributed by atoms with Gasteiger partial charge in [0.2, 0.25) is 5.95 Å². The van der Waals surface area contributed by atoms with Crippen LogP contribution in [-0.2, 0) is 31.6 Å². The van der Waals surface area contributed by atoms with Crippen LogP contribution in [0.5, 0.6) is 0 Å². The van der Waals surface area contributed by atoms with E-state index in [9.17, 15) is 28.3 Å². The van der Waals surface area contributed by atoms with Gasteiger partial charge in [0, 0.05) is 0 Å². The Kier molecular flexibility index (Phi) is 7.11. The van der Waals surface area contributed by atoms with Crippen molar-refractivity contribution in [3.63, 3.8) is 0 Å². The van der Waals surface area contributed by atoms with Crippen LogP contribution in [0.15, 0.2) is 11.1 Å². The standard InChI is InChI=1S/C12H20N5O12P3/c1-2-6-3-8(17-5-14-9-10(17)15-12(13)16-11(9)18)27-7(6)4-26-31(22,23)29-32(24,25)28-30(19,20)21/h5-8H,2-4H2,1H3,(H,22,23)(H,24,25)(H2,19,20,21)(H3,13,15,16,18)/t6-,7+,8+/m0/s1. The molecule has 180 valence electrons. The number of nitrogen functional groups attached to an aromatic ring is 1. The second-order valence-electron chi connectivity index (χ2n) is 6.70. The van der Waals surface area contributed by atoms with Gasteiger partial charge in [0.25, 0.3) is 5.56 Å². The van der Waals surface area contributed by atoms with Crippen molar-refractivity contribution in [3.05, 3.63) is 16.7 Å². The lowest BCUT2D eigenvalue weighted by Crippen LogP contribution is -2.22. The number of phosphoric ester groups is 1. The number of H-pyrrole nitrogens is 1. The maximum Gasteiger partial charge on any atom is 0.490 e. The third-order valence-electron chi connectivity index (χ3n) is 4.47. The number of hydrogen-bond donors (Lipinski definition) is 6. The van der Waals surface area contributed by atoms with Crippen LogP contribution in [0.2, 0.25) is 0 Å². The highest BCUT2D eigenvalue weighted by molar-refractivity contribution is 7.66. The van der Waals surface area contributed by atoms with Gasteiger partial charge >= 0.3 is 23.5 Å². The molecular weight excluding hydrogens is 499 g/mol. The number of hydrogen-bond acceptors (Lipinski definition) is 11. The molecule has 2 unspecified atom stereocenters. The van der Waals surface area contributed by atoms with E-state index < -0.39 is 48.0 Å². The Labute approximate surface area is 179 Å². The molecule has 0 amide bonds. The average Bonchev–Trinajstić information content (AvgIpc) is 3.20. The molecule has 0 saturated carbocycles. The van der Waals surface area contributed by atoms with Gasteiger partial charge in [-0.3, -0.25) is 18.9 Å². The fraction of sp³-hybridized carbons (Fsp3) is 0.583. The average molecular weight is 519 g/mol. The number of nitrogens with two attached hydrogens (primary N) is 1. The summed E-state index contributed by atoms with van der Waals surface area (Å²) in [5, 5.41) is 0. The van der Waals surface area contributed by atoms with Gasteiger partial charge < -0.3 is 30.0 Å². The topological polar surface area (TPSA) is 259 Å². The second kappa shape index (κ2) is 9.05. The van der Waals surface area contributed by atoms with Gasteiger partial charge in [-0.1, -0.05) is 13.3 Å². The van der Waals surface area contributed by atoms with Crippen molar-refractivity contribution < 1.29 is 51.2 Å². The first kappa shape index (κ1) is 25.1. The third-order valence-corrected chi connectivity index (χ3v) is 8.27. The molecule has 2 aromatic rings. The molecule has 20 heteroatoms. The molecule has 1 saturated heterocycles. The summed E-state index contributed by atoms with van der Waals surface area (Å²) in [7, 11) is -16.4. The zero-order valence-electron chi connectivity index (χ0n) is 16.2. The van der Waals surface area contributed by atoms with Crippen LogP contribution in [0.4, 0.5) is 5.95 Å². The molecule has 3 rings (SSSR count). The fourth-order valence-corrected chi connectivity index (χ4v) is 6.22. The summed E-state index contributed by atoms with van der Waals surface area (Å²) in [6, 6.07) is 0. The Morgan fingerprint density at radius 3 is 2.56 bits per heavy atom. The van der Waals surface area contributed by atoms with Crippen molar-refractivity contribution in [2.24, 2.45) is 5.92 Å². The molecule has 0 bridgehead atoms. The van der Waals surface area contributed by atoms with Crippen LogP contribution in [0.25, 0.3) is 11.2 Å². The van der Waals surface area contributed by atoms with E-state index in [1.165, 1.54) is 10.9 Å². The lowest BCUT2D eigenvalue weighted by Gasteiger charge is -2.20. The second-order valence-corrected chi connectivity index (χ2v) is 11.1. The monoisotopic (exact) mass is 519 g/mol. The number of nitrogens with one attached hydrogen (secondary N) is 1. The molecule has 17 nitrogen and oxygen atoms in total. The minimum Gasteiger partial charge on any atom is -0.369 e. The zero-order valence-corrected chi connectivity index (χ0v) is 18.9. The van der Waals surface area contributed by atoms with Crippen LogP contribution in [0.1, 0.15) is 26.0 Å². The molecule has 0 aliphatic carbocycles. The van der Waals surface area contributed by atoms with Crippen LogP contribution >= 0.6 is 23.5 Å². The summed E-state index contributed by atoms with van der Waals surface area (Å²) in [5.74, 6) is -0.345. The van der Waals surface area contributed by atoms with Gasteiger partial charge in [-0.15, -0.1) is 0 Å². The molecule has 0 spiro atoms. The summed E-state index contributed by atoms with van der Waals surface area (Å²) in [4.78, 5) is 58.2. The van der Waals surface area contributed by atoms with Gasteiger partial charge in [-0.25, -0.2) is 18.7 Å². The minimum atomic E-state index is -5.61. The number of aromatic amines is 1. The highest BCUT2D eigenvalue weighted by Gasteiger charge is 2.43. The predicted molar refractivity (Wildman–Crippen MR) is 105 cm³/mol. The maximum atomic E-state index is 11.9.